The van der Waals surface area contributed by atoms with Gasteiger partial charge >= 0.3 is 0 Å². The van der Waals surface area contributed by atoms with Gasteiger partial charge < -0.3 is 5.73 Å². The Morgan fingerprint density at radius 2 is 2.18 bits per heavy atom. The molecule has 2 rings (SSSR count). The summed E-state index contributed by atoms with van der Waals surface area (Å²) in [7, 11) is 0. The van der Waals surface area contributed by atoms with Gasteiger partial charge in [-0.15, -0.1) is 11.8 Å². The quantitative estimate of drug-likeness (QED) is 0.663. The van der Waals surface area contributed by atoms with E-state index >= 15 is 0 Å². The molecule has 84 valence electrons. The number of pyridine rings is 1. The lowest BCUT2D eigenvalue weighted by Crippen LogP contribution is -1.90. The Kier molecular flexibility index (Phi) is 3.63. The highest BCUT2D eigenvalue weighted by Gasteiger charge is 2.03. The summed E-state index contributed by atoms with van der Waals surface area (Å²) in [6.07, 6.45) is 1.63. The zero-order chi connectivity index (χ0) is 12.1. The van der Waals surface area contributed by atoms with Crippen molar-refractivity contribution in [2.24, 2.45) is 0 Å². The minimum Gasteiger partial charge on any atom is -0.399 e. The Morgan fingerprint density at radius 1 is 1.29 bits per heavy atom. The first-order valence-electron chi connectivity index (χ1n) is 5.12. The molecule has 0 amide bonds. The van der Waals surface area contributed by atoms with Gasteiger partial charge in [0.05, 0.1) is 0 Å². The molecule has 0 aliphatic rings. The molecule has 0 saturated heterocycles. The monoisotopic (exact) mass is 241 g/mol. The summed E-state index contributed by atoms with van der Waals surface area (Å²) in [5.41, 5.74) is 7.89. The predicted octanol–water partition coefficient (Wildman–Crippen LogP) is 2.83. The topological polar surface area (TPSA) is 62.7 Å². The van der Waals surface area contributed by atoms with E-state index in [1.807, 2.05) is 36.4 Å². The van der Waals surface area contributed by atoms with Crippen molar-refractivity contribution in [3.05, 3.63) is 53.9 Å². The number of rotatable bonds is 3. The van der Waals surface area contributed by atoms with E-state index in [1.165, 1.54) is 0 Å². The molecular weight excluding hydrogens is 230 g/mol. The molecule has 0 saturated carbocycles. The van der Waals surface area contributed by atoms with Crippen molar-refractivity contribution < 1.29 is 0 Å². The van der Waals surface area contributed by atoms with Crippen LogP contribution in [0.1, 0.15) is 11.3 Å². The van der Waals surface area contributed by atoms with E-state index in [1.54, 1.807) is 18.0 Å². The summed E-state index contributed by atoms with van der Waals surface area (Å²) in [6.45, 7) is 0. The molecule has 17 heavy (non-hydrogen) atoms. The molecule has 0 radical (unpaired) electrons. The average Bonchev–Trinajstić information content (AvgIpc) is 2.37. The SMILES string of the molecule is N#Cc1ncccc1CSc1cccc(N)c1. The average molecular weight is 241 g/mol. The van der Waals surface area contributed by atoms with Crippen LogP contribution < -0.4 is 5.73 Å². The van der Waals surface area contributed by atoms with Crippen LogP contribution in [0.15, 0.2) is 47.5 Å². The van der Waals surface area contributed by atoms with Gasteiger partial charge in [0.1, 0.15) is 11.8 Å². The molecule has 0 aliphatic carbocycles. The molecule has 4 heteroatoms. The third kappa shape index (κ3) is 2.99. The minimum atomic E-state index is 0.490. The van der Waals surface area contributed by atoms with Crippen LogP contribution in [0.2, 0.25) is 0 Å². The van der Waals surface area contributed by atoms with Crippen molar-refractivity contribution in [2.75, 3.05) is 5.73 Å². The van der Waals surface area contributed by atoms with Crippen molar-refractivity contribution in [3.63, 3.8) is 0 Å². The van der Waals surface area contributed by atoms with Gasteiger partial charge in [-0.05, 0) is 29.8 Å². The van der Waals surface area contributed by atoms with Crippen LogP contribution in [0.5, 0.6) is 0 Å². The fraction of sp³-hybridized carbons (Fsp3) is 0.0769. The number of anilines is 1. The van der Waals surface area contributed by atoms with Gasteiger partial charge in [0.15, 0.2) is 0 Å². The number of hydrogen-bond donors (Lipinski definition) is 1. The standard InChI is InChI=1S/C13H11N3S/c14-8-13-10(3-2-6-16-13)9-17-12-5-1-4-11(15)7-12/h1-7H,9,15H2. The third-order valence-corrected chi connectivity index (χ3v) is 3.29. The Bertz CT molecular complexity index is 561. The summed E-state index contributed by atoms with van der Waals surface area (Å²) in [5, 5.41) is 8.92. The molecule has 0 atom stereocenters. The van der Waals surface area contributed by atoms with Crippen LogP contribution in [0.25, 0.3) is 0 Å². The Balaban J connectivity index is 2.10. The maximum absolute atomic E-state index is 8.92. The van der Waals surface area contributed by atoms with Crippen LogP contribution in [0.4, 0.5) is 5.69 Å². The Labute approximate surface area is 104 Å². The first kappa shape index (κ1) is 11.5. The largest absolute Gasteiger partial charge is 0.399 e. The minimum absolute atomic E-state index is 0.490. The number of nitrogens with two attached hydrogens (primary N) is 1. The van der Waals surface area contributed by atoms with Crippen molar-refractivity contribution in [2.45, 2.75) is 10.6 Å². The summed E-state index contributed by atoms with van der Waals surface area (Å²) < 4.78 is 0. The second-order valence-corrected chi connectivity index (χ2v) is 4.53. The lowest BCUT2D eigenvalue weighted by molar-refractivity contribution is 1.19. The van der Waals surface area contributed by atoms with E-state index in [-0.39, 0.29) is 0 Å². The maximum Gasteiger partial charge on any atom is 0.144 e. The molecule has 1 heterocycles. The van der Waals surface area contributed by atoms with Crippen molar-refractivity contribution in [3.8, 4) is 6.07 Å². The van der Waals surface area contributed by atoms with Gasteiger partial charge in [-0.3, -0.25) is 0 Å². The van der Waals surface area contributed by atoms with Crippen LogP contribution in [-0.4, -0.2) is 4.98 Å². The molecule has 0 aliphatic heterocycles. The third-order valence-electron chi connectivity index (χ3n) is 2.25. The maximum atomic E-state index is 8.92. The lowest BCUT2D eigenvalue weighted by Gasteiger charge is -2.03. The molecule has 2 aromatic rings. The van der Waals surface area contributed by atoms with E-state index in [9.17, 15) is 0 Å². The van der Waals surface area contributed by atoms with E-state index in [2.05, 4.69) is 11.1 Å². The van der Waals surface area contributed by atoms with E-state index in [0.29, 0.717) is 5.69 Å². The van der Waals surface area contributed by atoms with Gasteiger partial charge in [-0.1, -0.05) is 12.1 Å². The van der Waals surface area contributed by atoms with Gasteiger partial charge in [0, 0.05) is 22.5 Å². The molecule has 3 nitrogen and oxygen atoms in total. The van der Waals surface area contributed by atoms with Gasteiger partial charge in [-0.25, -0.2) is 4.98 Å². The molecule has 0 unspecified atom stereocenters. The van der Waals surface area contributed by atoms with Gasteiger partial charge in [-0.2, -0.15) is 5.26 Å². The highest BCUT2D eigenvalue weighted by Crippen LogP contribution is 2.24. The highest BCUT2D eigenvalue weighted by molar-refractivity contribution is 7.98. The van der Waals surface area contributed by atoms with Crippen molar-refractivity contribution >= 4 is 17.4 Å². The number of nitriles is 1. The lowest BCUT2D eigenvalue weighted by atomic mass is 10.2. The zero-order valence-electron chi connectivity index (χ0n) is 9.13. The normalized spacial score (nSPS) is 9.82. The number of nitrogens with zero attached hydrogens (tertiary/aromatic N) is 2. The summed E-state index contributed by atoms with van der Waals surface area (Å²) >= 11 is 1.65. The van der Waals surface area contributed by atoms with Crippen LogP contribution in [-0.2, 0) is 5.75 Å². The number of benzene rings is 1. The Morgan fingerprint density at radius 3 is 2.94 bits per heavy atom. The second-order valence-electron chi connectivity index (χ2n) is 3.48. The number of hydrogen-bond acceptors (Lipinski definition) is 4. The Hall–Kier alpha value is -1.99. The summed E-state index contributed by atoms with van der Waals surface area (Å²) in [5.74, 6) is 0.722. The number of thioether (sulfide) groups is 1. The van der Waals surface area contributed by atoms with Crippen molar-refractivity contribution in [1.29, 1.82) is 5.26 Å². The van der Waals surface area contributed by atoms with Crippen molar-refractivity contribution in [1.82, 2.24) is 4.98 Å². The van der Waals surface area contributed by atoms with E-state index < -0.39 is 0 Å². The highest BCUT2D eigenvalue weighted by atomic mass is 32.2. The van der Waals surface area contributed by atoms with Crippen LogP contribution in [0, 0.1) is 11.3 Å². The molecule has 0 spiro atoms. The first-order valence-corrected chi connectivity index (χ1v) is 6.10. The second kappa shape index (κ2) is 5.37. The van der Waals surface area contributed by atoms with Gasteiger partial charge in [0.25, 0.3) is 0 Å². The van der Waals surface area contributed by atoms with E-state index in [4.69, 9.17) is 11.0 Å². The first-order chi connectivity index (χ1) is 8.29. The molecule has 0 bridgehead atoms. The van der Waals surface area contributed by atoms with Crippen LogP contribution in [0.3, 0.4) is 0 Å². The smallest absolute Gasteiger partial charge is 0.144 e. The molecule has 1 aromatic heterocycles. The predicted molar refractivity (Wildman–Crippen MR) is 69.4 cm³/mol. The molecule has 0 fully saturated rings. The summed E-state index contributed by atoms with van der Waals surface area (Å²) in [6, 6.07) is 13.6. The fourth-order valence-corrected chi connectivity index (χ4v) is 2.37. The molecular formula is C13H11N3S. The van der Waals surface area contributed by atoms with E-state index in [0.717, 1.165) is 21.9 Å². The van der Waals surface area contributed by atoms with Crippen LogP contribution >= 0.6 is 11.8 Å². The fourth-order valence-electron chi connectivity index (χ4n) is 1.42. The zero-order valence-corrected chi connectivity index (χ0v) is 9.95. The number of aromatic nitrogens is 1. The van der Waals surface area contributed by atoms with Gasteiger partial charge in [0.2, 0.25) is 0 Å². The molecule has 2 N–H and O–H groups in total. The number of nitrogen functional groups attached to an aromatic ring is 1. The summed E-state index contributed by atoms with van der Waals surface area (Å²) in [4.78, 5) is 5.12. The molecule has 1 aromatic carbocycles.